The van der Waals surface area contributed by atoms with E-state index in [-0.39, 0.29) is 5.41 Å². The van der Waals surface area contributed by atoms with E-state index in [1.54, 1.807) is 11.3 Å². The van der Waals surface area contributed by atoms with E-state index in [4.69, 9.17) is 16.3 Å². The van der Waals surface area contributed by atoms with E-state index in [2.05, 4.69) is 10.4 Å². The van der Waals surface area contributed by atoms with E-state index >= 15 is 0 Å². The lowest BCUT2D eigenvalue weighted by molar-refractivity contribution is 0.0254. The fourth-order valence-corrected chi connectivity index (χ4v) is 3.01. The van der Waals surface area contributed by atoms with E-state index in [9.17, 15) is 0 Å². The Kier molecular flexibility index (Phi) is 3.65. The smallest absolute Gasteiger partial charge is 0.0897 e. The number of ether oxygens (including phenoxy) is 1. The number of aryl methyl sites for hydroxylation is 1. The summed E-state index contributed by atoms with van der Waals surface area (Å²) in [4.78, 5) is 4.52. The molecular formula is C11H16ClNOS. The number of halogens is 1. The zero-order valence-corrected chi connectivity index (χ0v) is 10.5. The van der Waals surface area contributed by atoms with Crippen LogP contribution in [0.2, 0.25) is 0 Å². The number of thiazole rings is 1. The summed E-state index contributed by atoms with van der Waals surface area (Å²) in [7, 11) is 0. The largest absolute Gasteiger partial charge is 0.381 e. The van der Waals surface area contributed by atoms with Crippen molar-refractivity contribution < 1.29 is 4.74 Å². The summed E-state index contributed by atoms with van der Waals surface area (Å²) in [5, 5.41) is 3.29. The van der Waals surface area contributed by atoms with Crippen molar-refractivity contribution in [2.75, 3.05) is 19.1 Å². The van der Waals surface area contributed by atoms with Crippen molar-refractivity contribution >= 4 is 22.9 Å². The van der Waals surface area contributed by atoms with Gasteiger partial charge in [-0.3, -0.25) is 0 Å². The van der Waals surface area contributed by atoms with Crippen molar-refractivity contribution in [3.05, 3.63) is 16.1 Å². The summed E-state index contributed by atoms with van der Waals surface area (Å²) in [5.41, 5.74) is 1.42. The molecule has 0 aliphatic carbocycles. The average molecular weight is 246 g/mol. The fourth-order valence-electron chi connectivity index (χ4n) is 2.04. The molecule has 0 N–H and O–H groups in total. The molecule has 84 valence electrons. The molecule has 0 unspecified atom stereocenters. The number of hydrogen-bond acceptors (Lipinski definition) is 3. The van der Waals surface area contributed by atoms with E-state index in [0.717, 1.165) is 37.5 Å². The summed E-state index contributed by atoms with van der Waals surface area (Å²) in [5.74, 6) is 0.715. The van der Waals surface area contributed by atoms with Gasteiger partial charge in [0.1, 0.15) is 0 Å². The SMILES string of the molecule is Cc1nc(CC2(CCl)CCOCC2)cs1. The number of alkyl halides is 1. The highest BCUT2D eigenvalue weighted by Crippen LogP contribution is 2.35. The maximum atomic E-state index is 6.11. The fraction of sp³-hybridized carbons (Fsp3) is 0.727. The third kappa shape index (κ3) is 2.71. The van der Waals surface area contributed by atoms with Crippen molar-refractivity contribution in [2.45, 2.75) is 26.2 Å². The minimum atomic E-state index is 0.223. The Bertz CT molecular complexity index is 320. The molecule has 15 heavy (non-hydrogen) atoms. The van der Waals surface area contributed by atoms with Crippen molar-refractivity contribution in [3.8, 4) is 0 Å². The molecule has 2 nitrogen and oxygen atoms in total. The van der Waals surface area contributed by atoms with Crippen LogP contribution < -0.4 is 0 Å². The van der Waals surface area contributed by atoms with Crippen LogP contribution in [0.1, 0.15) is 23.5 Å². The topological polar surface area (TPSA) is 22.1 Å². The molecule has 0 saturated carbocycles. The van der Waals surface area contributed by atoms with Gasteiger partial charge < -0.3 is 4.74 Å². The molecule has 0 bridgehead atoms. The van der Waals surface area contributed by atoms with E-state index < -0.39 is 0 Å². The molecule has 0 radical (unpaired) electrons. The summed E-state index contributed by atoms with van der Waals surface area (Å²) < 4.78 is 5.39. The number of rotatable bonds is 3. The van der Waals surface area contributed by atoms with Gasteiger partial charge in [0, 0.05) is 24.5 Å². The molecule has 1 aromatic heterocycles. The predicted molar refractivity (Wildman–Crippen MR) is 63.8 cm³/mol. The van der Waals surface area contributed by atoms with Gasteiger partial charge in [-0.2, -0.15) is 0 Å². The third-order valence-corrected chi connectivity index (χ3v) is 4.45. The van der Waals surface area contributed by atoms with Crippen molar-refractivity contribution in [1.29, 1.82) is 0 Å². The molecule has 4 heteroatoms. The van der Waals surface area contributed by atoms with Crippen LogP contribution in [0.15, 0.2) is 5.38 Å². The minimum Gasteiger partial charge on any atom is -0.381 e. The van der Waals surface area contributed by atoms with Gasteiger partial charge in [0.15, 0.2) is 0 Å². The molecule has 1 saturated heterocycles. The molecule has 1 aliphatic heterocycles. The molecule has 1 aromatic rings. The molecule has 0 amide bonds. The number of hydrogen-bond donors (Lipinski definition) is 0. The minimum absolute atomic E-state index is 0.223. The van der Waals surface area contributed by atoms with Gasteiger partial charge in [0.2, 0.25) is 0 Å². The van der Waals surface area contributed by atoms with Gasteiger partial charge in [0.25, 0.3) is 0 Å². The highest BCUT2D eigenvalue weighted by atomic mass is 35.5. The maximum Gasteiger partial charge on any atom is 0.0897 e. The lowest BCUT2D eigenvalue weighted by atomic mass is 9.78. The molecule has 1 aliphatic rings. The lowest BCUT2D eigenvalue weighted by Crippen LogP contribution is -2.33. The molecule has 0 spiro atoms. The summed E-state index contributed by atoms with van der Waals surface area (Å²) in [6.07, 6.45) is 3.13. The molecule has 0 atom stereocenters. The Morgan fingerprint density at radius 2 is 2.27 bits per heavy atom. The first-order valence-corrected chi connectivity index (χ1v) is 6.70. The van der Waals surface area contributed by atoms with Crippen LogP contribution in [-0.4, -0.2) is 24.1 Å². The van der Waals surface area contributed by atoms with E-state index in [1.807, 2.05) is 6.92 Å². The van der Waals surface area contributed by atoms with Crippen LogP contribution in [0.4, 0.5) is 0 Å². The van der Waals surface area contributed by atoms with Crippen molar-refractivity contribution in [1.82, 2.24) is 4.98 Å². The first-order valence-electron chi connectivity index (χ1n) is 5.29. The van der Waals surface area contributed by atoms with E-state index in [1.165, 1.54) is 5.69 Å². The standard InChI is InChI=1S/C11H16ClNOS/c1-9-13-10(7-15-9)6-11(8-12)2-4-14-5-3-11/h7H,2-6,8H2,1H3. The molecular weight excluding hydrogens is 230 g/mol. The molecule has 0 aromatic carbocycles. The normalized spacial score (nSPS) is 20.4. The average Bonchev–Trinajstić information content (AvgIpc) is 2.65. The third-order valence-electron chi connectivity index (χ3n) is 3.06. The van der Waals surface area contributed by atoms with Crippen LogP contribution in [0, 0.1) is 12.3 Å². The summed E-state index contributed by atoms with van der Waals surface area (Å²) in [6.45, 7) is 3.73. The van der Waals surface area contributed by atoms with E-state index in [0.29, 0.717) is 5.88 Å². The summed E-state index contributed by atoms with van der Waals surface area (Å²) in [6, 6.07) is 0. The Hall–Kier alpha value is -0.120. The van der Waals surface area contributed by atoms with Gasteiger partial charge in [-0.05, 0) is 31.6 Å². The monoisotopic (exact) mass is 245 g/mol. The molecule has 1 fully saturated rings. The van der Waals surface area contributed by atoms with Gasteiger partial charge in [0.05, 0.1) is 10.7 Å². The summed E-state index contributed by atoms with van der Waals surface area (Å²) >= 11 is 7.83. The first-order chi connectivity index (χ1) is 7.24. The Morgan fingerprint density at radius 3 is 2.80 bits per heavy atom. The predicted octanol–water partition coefficient (Wildman–Crippen LogP) is 3.03. The van der Waals surface area contributed by atoms with Crippen LogP contribution in [-0.2, 0) is 11.2 Å². The highest BCUT2D eigenvalue weighted by molar-refractivity contribution is 7.09. The highest BCUT2D eigenvalue weighted by Gasteiger charge is 2.32. The van der Waals surface area contributed by atoms with Gasteiger partial charge in [-0.25, -0.2) is 4.98 Å². The van der Waals surface area contributed by atoms with Gasteiger partial charge >= 0.3 is 0 Å². The van der Waals surface area contributed by atoms with Crippen molar-refractivity contribution in [3.63, 3.8) is 0 Å². The van der Waals surface area contributed by atoms with Gasteiger partial charge in [-0.1, -0.05) is 0 Å². The maximum absolute atomic E-state index is 6.11. The Morgan fingerprint density at radius 1 is 1.53 bits per heavy atom. The van der Waals surface area contributed by atoms with Crippen LogP contribution >= 0.6 is 22.9 Å². The Labute approximate surface area is 99.6 Å². The number of nitrogens with zero attached hydrogens (tertiary/aromatic N) is 1. The quantitative estimate of drug-likeness (QED) is 0.764. The second kappa shape index (κ2) is 4.81. The van der Waals surface area contributed by atoms with Crippen molar-refractivity contribution in [2.24, 2.45) is 5.41 Å². The Balaban J connectivity index is 2.06. The van der Waals surface area contributed by atoms with Crippen LogP contribution in [0.5, 0.6) is 0 Å². The lowest BCUT2D eigenvalue weighted by Gasteiger charge is -2.34. The second-order valence-electron chi connectivity index (χ2n) is 4.28. The number of aromatic nitrogens is 1. The molecule has 2 heterocycles. The second-order valence-corrected chi connectivity index (χ2v) is 5.61. The zero-order chi connectivity index (χ0) is 10.7. The van der Waals surface area contributed by atoms with Crippen LogP contribution in [0.25, 0.3) is 0 Å². The first kappa shape index (κ1) is 11.4. The van der Waals surface area contributed by atoms with Crippen LogP contribution in [0.3, 0.4) is 0 Å². The van der Waals surface area contributed by atoms with Gasteiger partial charge in [-0.15, -0.1) is 22.9 Å². The zero-order valence-electron chi connectivity index (χ0n) is 8.96. The molecule has 2 rings (SSSR count).